The van der Waals surface area contributed by atoms with Crippen LogP contribution in [0.25, 0.3) is 0 Å². The minimum absolute atomic E-state index is 0.201. The molecule has 2 N–H and O–H groups in total. The van der Waals surface area contributed by atoms with Crippen LogP contribution in [-0.4, -0.2) is 58.3 Å². The molecule has 57 heavy (non-hydrogen) atoms. The smallest absolute Gasteiger partial charge is 0.407 e. The van der Waals surface area contributed by atoms with E-state index < -0.39 is 0 Å². The number of aromatic nitrogens is 3. The van der Waals surface area contributed by atoms with E-state index >= 15 is 0 Å². The van der Waals surface area contributed by atoms with Crippen molar-refractivity contribution in [2.45, 2.75) is 209 Å². The predicted molar refractivity (Wildman–Crippen MR) is 232 cm³/mol. The highest BCUT2D eigenvalue weighted by molar-refractivity contribution is 5.75. The summed E-state index contributed by atoms with van der Waals surface area (Å²) in [6.07, 6.45) is 21.3. The van der Waals surface area contributed by atoms with Crippen molar-refractivity contribution in [3.8, 4) is 11.8 Å². The lowest BCUT2D eigenvalue weighted by Gasteiger charge is -2.14. The summed E-state index contributed by atoms with van der Waals surface area (Å²) in [6, 6.07) is 0.445. The second-order valence-corrected chi connectivity index (χ2v) is 16.7. The van der Waals surface area contributed by atoms with E-state index in [1.165, 1.54) is 57.1 Å². The first kappa shape index (κ1) is 50.1. The number of unbranched alkanes of at least 4 members (excludes halogenated alkanes) is 4. The Labute approximate surface area is 347 Å². The number of ketones is 1. The lowest BCUT2D eigenvalue weighted by atomic mass is 10.0. The predicted octanol–water partition coefficient (Wildman–Crippen LogP) is 11.0. The molecule has 0 aliphatic heterocycles. The van der Waals surface area contributed by atoms with E-state index in [2.05, 4.69) is 88.2 Å². The number of Topliss-reactive ketones (excluding diaryl/α,β-unsaturated/α-hetero) is 1. The summed E-state index contributed by atoms with van der Waals surface area (Å²) in [4.78, 5) is 34.8. The van der Waals surface area contributed by atoms with Crippen LogP contribution < -0.4 is 10.6 Å². The number of ether oxygens (including phenoxy) is 2. The Morgan fingerprint density at radius 3 is 1.51 bits per heavy atom. The zero-order valence-corrected chi connectivity index (χ0v) is 37.8. The van der Waals surface area contributed by atoms with Crippen LogP contribution in [0.3, 0.4) is 0 Å². The third-order valence-corrected chi connectivity index (χ3v) is 12.4. The summed E-state index contributed by atoms with van der Waals surface area (Å²) in [6.45, 7) is 20.7. The van der Waals surface area contributed by atoms with Gasteiger partial charge in [0.15, 0.2) is 0 Å². The lowest BCUT2D eigenvalue weighted by Crippen LogP contribution is -2.34. The molecular weight excluding hydrogens is 715 g/mol. The average Bonchev–Trinajstić information content (AvgIpc) is 4.00. The van der Waals surface area contributed by atoms with E-state index in [0.717, 1.165) is 94.7 Å². The maximum atomic E-state index is 12.0. The van der Waals surface area contributed by atoms with Crippen molar-refractivity contribution in [2.24, 2.45) is 35.5 Å². The van der Waals surface area contributed by atoms with Gasteiger partial charge in [0.05, 0.1) is 24.6 Å². The molecule has 1 unspecified atom stereocenters. The number of carbonyl (C=O) groups is 3. The largest absolute Gasteiger partial charge is 0.449 e. The molecule has 10 heteroatoms. The Bertz CT molecular complexity index is 1300. The number of hydrogen-bond acceptors (Lipinski definition) is 7. The third kappa shape index (κ3) is 19.0. The van der Waals surface area contributed by atoms with Gasteiger partial charge < -0.3 is 24.9 Å². The Kier molecular flexibility index (Phi) is 25.6. The van der Waals surface area contributed by atoms with E-state index in [9.17, 15) is 14.4 Å². The number of hydrogen-bond donors (Lipinski definition) is 2. The maximum Gasteiger partial charge on any atom is 0.407 e. The first-order valence-corrected chi connectivity index (χ1v) is 23.3. The quantitative estimate of drug-likeness (QED) is 0.142. The summed E-state index contributed by atoms with van der Waals surface area (Å²) < 4.78 is 12.9. The molecule has 2 amide bonds. The number of nitrogens with zero attached hydrogens (tertiary/aromatic N) is 3. The molecule has 6 atom stereocenters. The van der Waals surface area contributed by atoms with E-state index in [1.54, 1.807) is 6.92 Å². The Balaban J connectivity index is 0.000000331. The van der Waals surface area contributed by atoms with Gasteiger partial charge in [-0.05, 0) is 113 Å². The molecule has 0 radical (unpaired) electrons. The van der Waals surface area contributed by atoms with Crippen LogP contribution in [0.4, 0.5) is 9.59 Å². The monoisotopic (exact) mass is 798 g/mol. The second kappa shape index (κ2) is 29.2. The van der Waals surface area contributed by atoms with Gasteiger partial charge in [-0.25, -0.2) is 14.3 Å². The second-order valence-electron chi connectivity index (χ2n) is 16.7. The van der Waals surface area contributed by atoms with Crippen molar-refractivity contribution in [1.82, 2.24) is 25.6 Å². The SMILES string of the molecule is CCC(CC)NC(=O)OCC1[C@H]2CCC#CCC[C@@H]12.CCC(CC)NC(=O)OC[C@@H]1[C@@H]2CCc3c(nnn3CCCC(C)=O)CC[C@@H]21.CCCCC.CCCCC. The molecule has 2 saturated carbocycles. The third-order valence-electron chi connectivity index (χ3n) is 12.4. The fourth-order valence-electron chi connectivity index (χ4n) is 8.46. The standard InChI is InChI=1S/C21H34N4O3.C16H25NO2.2C5H12/c1-4-15(5-2)22-21(27)28-13-18-16-8-10-19-20(11-9-17(16)18)25(24-23-19)12-6-7-14(3)26;1-3-12(4-2)17-16(18)19-11-15-13-9-7-5-6-8-10-14(13)15;2*1-3-5-4-2/h15-18H,4-13H2,1-3H3,(H,22,27);12-15H,3-4,7-11H2,1-2H3,(H,17,18);2*3-5H2,1-2H3/t16-,17+,18-;13-,14+,15?;;/m0.../s1. The number of amides is 2. The number of fused-ring (bicyclic) bond motifs is 3. The first-order chi connectivity index (χ1) is 27.6. The Morgan fingerprint density at radius 1 is 0.667 bits per heavy atom. The van der Waals surface area contributed by atoms with Gasteiger partial charge in [-0.15, -0.1) is 16.9 Å². The van der Waals surface area contributed by atoms with Crippen molar-refractivity contribution in [1.29, 1.82) is 0 Å². The zero-order chi connectivity index (χ0) is 42.0. The van der Waals surface area contributed by atoms with Crippen molar-refractivity contribution in [3.05, 3.63) is 11.4 Å². The molecule has 0 spiro atoms. The van der Waals surface area contributed by atoms with Crippen molar-refractivity contribution >= 4 is 18.0 Å². The minimum Gasteiger partial charge on any atom is -0.449 e. The number of rotatable bonds is 18. The van der Waals surface area contributed by atoms with Crippen LogP contribution in [0.2, 0.25) is 0 Å². The fourth-order valence-corrected chi connectivity index (χ4v) is 8.46. The molecule has 10 nitrogen and oxygen atoms in total. The molecule has 1 aromatic heterocycles. The fraction of sp³-hybridized carbons (Fsp3) is 0.851. The van der Waals surface area contributed by atoms with Gasteiger partial charge in [-0.3, -0.25) is 0 Å². The normalized spacial score (nSPS) is 22.4. The van der Waals surface area contributed by atoms with Crippen LogP contribution >= 0.6 is 0 Å². The number of aryl methyl sites for hydroxylation is 2. The van der Waals surface area contributed by atoms with Crippen LogP contribution in [0.5, 0.6) is 0 Å². The Hall–Kier alpha value is -3.09. The molecule has 326 valence electrons. The molecule has 0 bridgehead atoms. The molecule has 2 fully saturated rings. The van der Waals surface area contributed by atoms with Crippen molar-refractivity contribution < 1.29 is 23.9 Å². The van der Waals surface area contributed by atoms with Gasteiger partial charge >= 0.3 is 12.2 Å². The number of carbonyl (C=O) groups excluding carboxylic acids is 3. The summed E-state index contributed by atoms with van der Waals surface area (Å²) in [5, 5.41) is 14.6. The van der Waals surface area contributed by atoms with Gasteiger partial charge in [0, 0.05) is 37.9 Å². The summed E-state index contributed by atoms with van der Waals surface area (Å²) >= 11 is 0. The topological polar surface area (TPSA) is 124 Å². The van der Waals surface area contributed by atoms with Gasteiger partial charge in [0.1, 0.15) is 5.78 Å². The minimum atomic E-state index is -0.279. The van der Waals surface area contributed by atoms with E-state index in [4.69, 9.17) is 9.47 Å². The Morgan fingerprint density at radius 2 is 1.11 bits per heavy atom. The van der Waals surface area contributed by atoms with E-state index in [1.807, 2.05) is 4.68 Å². The van der Waals surface area contributed by atoms with Gasteiger partial charge in [0.2, 0.25) is 0 Å². The summed E-state index contributed by atoms with van der Waals surface area (Å²) in [5.41, 5.74) is 2.35. The molecule has 5 rings (SSSR count). The van der Waals surface area contributed by atoms with Crippen molar-refractivity contribution in [3.63, 3.8) is 0 Å². The van der Waals surface area contributed by atoms with Gasteiger partial charge in [-0.2, -0.15) is 0 Å². The molecule has 0 aromatic carbocycles. The number of nitrogens with one attached hydrogen (secondary N) is 2. The maximum absolute atomic E-state index is 12.0. The first-order valence-electron chi connectivity index (χ1n) is 23.3. The molecule has 1 heterocycles. The van der Waals surface area contributed by atoms with Crippen LogP contribution in [0.1, 0.15) is 189 Å². The number of alkyl carbamates (subject to hydrolysis) is 2. The van der Waals surface area contributed by atoms with Crippen LogP contribution in [-0.2, 0) is 33.7 Å². The highest BCUT2D eigenvalue weighted by Crippen LogP contribution is 2.53. The lowest BCUT2D eigenvalue weighted by molar-refractivity contribution is -0.117. The van der Waals surface area contributed by atoms with Gasteiger partial charge in [-0.1, -0.05) is 99.1 Å². The van der Waals surface area contributed by atoms with Crippen LogP contribution in [0.15, 0.2) is 0 Å². The van der Waals surface area contributed by atoms with E-state index in [0.29, 0.717) is 43.3 Å². The summed E-state index contributed by atoms with van der Waals surface area (Å²) in [7, 11) is 0. The van der Waals surface area contributed by atoms with Crippen molar-refractivity contribution in [2.75, 3.05) is 13.2 Å². The summed E-state index contributed by atoms with van der Waals surface area (Å²) in [5.74, 6) is 10.4. The zero-order valence-electron chi connectivity index (χ0n) is 37.8. The highest BCUT2D eigenvalue weighted by Gasteiger charge is 2.51. The molecular formula is C47H83N5O5. The molecule has 4 aliphatic rings. The molecule has 1 aromatic rings. The molecule has 0 saturated heterocycles. The highest BCUT2D eigenvalue weighted by atomic mass is 16.6. The average molecular weight is 798 g/mol. The van der Waals surface area contributed by atoms with E-state index in [-0.39, 0.29) is 30.1 Å². The van der Waals surface area contributed by atoms with Gasteiger partial charge in [0.25, 0.3) is 0 Å². The molecule has 4 aliphatic carbocycles. The van der Waals surface area contributed by atoms with Crippen LogP contribution in [0, 0.1) is 47.3 Å².